The van der Waals surface area contributed by atoms with Gasteiger partial charge in [-0.3, -0.25) is 0 Å². The molecular formula is C28H22. The molecule has 0 heteroatoms. The Morgan fingerprint density at radius 2 is 0.821 bits per heavy atom. The molecule has 0 aliphatic rings. The number of rotatable bonds is 2. The molecule has 0 aromatic heterocycles. The van der Waals surface area contributed by atoms with E-state index in [1.54, 1.807) is 0 Å². The largest absolute Gasteiger partial charge is 0.0870 e. The first kappa shape index (κ1) is 16.8. The molecule has 0 bridgehead atoms. The van der Waals surface area contributed by atoms with Gasteiger partial charge in [-0.25, -0.2) is 0 Å². The van der Waals surface area contributed by atoms with E-state index in [1.165, 1.54) is 54.2 Å². The Morgan fingerprint density at radius 3 is 1.36 bits per heavy atom. The lowest BCUT2D eigenvalue weighted by atomic mass is 9.85. The molecule has 0 aliphatic heterocycles. The Kier molecular flexibility index (Phi) is 3.98. The molecule has 0 spiro atoms. The Bertz CT molecular complexity index is 1410. The van der Waals surface area contributed by atoms with Gasteiger partial charge in [-0.15, -0.1) is 0 Å². The lowest BCUT2D eigenvalue weighted by Gasteiger charge is -2.18. The van der Waals surface area contributed by atoms with Crippen LogP contribution in [-0.2, 0) is 0 Å². The van der Waals surface area contributed by atoms with Gasteiger partial charge in [-0.05, 0) is 68.1 Å². The molecule has 0 unspecified atom stereocenters. The van der Waals surface area contributed by atoms with Gasteiger partial charge in [-0.1, -0.05) is 97.1 Å². The number of allylic oxidation sites excluding steroid dienone is 2. The Labute approximate surface area is 165 Å². The number of hydrogen-bond acceptors (Lipinski definition) is 0. The van der Waals surface area contributed by atoms with Crippen LogP contribution in [0.25, 0.3) is 55.2 Å². The molecule has 0 radical (unpaired) electrons. The Balaban J connectivity index is 2.25. The van der Waals surface area contributed by atoms with E-state index in [-0.39, 0.29) is 0 Å². The van der Waals surface area contributed by atoms with Gasteiger partial charge in [0.25, 0.3) is 0 Å². The summed E-state index contributed by atoms with van der Waals surface area (Å²) in [6.07, 6.45) is 8.82. The normalized spacial score (nSPS) is 12.4. The molecule has 5 rings (SSSR count). The molecular weight excluding hydrogens is 336 g/mol. The van der Waals surface area contributed by atoms with Gasteiger partial charge in [0.05, 0.1) is 0 Å². The first-order valence-corrected chi connectivity index (χ1v) is 9.88. The molecule has 0 N–H and O–H groups in total. The van der Waals surface area contributed by atoms with Gasteiger partial charge < -0.3 is 0 Å². The summed E-state index contributed by atoms with van der Waals surface area (Å²) in [5.41, 5.74) is 2.60. The van der Waals surface area contributed by atoms with Gasteiger partial charge in [0.15, 0.2) is 0 Å². The van der Waals surface area contributed by atoms with Gasteiger partial charge in [-0.2, -0.15) is 0 Å². The summed E-state index contributed by atoms with van der Waals surface area (Å²) in [6, 6.07) is 26.4. The summed E-state index contributed by atoms with van der Waals surface area (Å²) in [5, 5.41) is 10.6. The molecule has 0 saturated heterocycles. The fraction of sp³-hybridized carbons (Fsp3) is 0.0714. The predicted molar refractivity (Wildman–Crippen MR) is 126 cm³/mol. The van der Waals surface area contributed by atoms with E-state index in [1.807, 2.05) is 0 Å². The van der Waals surface area contributed by atoms with Crippen LogP contribution >= 0.6 is 0 Å². The predicted octanol–water partition coefficient (Wildman–Crippen LogP) is 8.37. The molecule has 0 atom stereocenters. The Morgan fingerprint density at radius 1 is 0.429 bits per heavy atom. The van der Waals surface area contributed by atoms with Crippen LogP contribution in [0.3, 0.4) is 0 Å². The highest BCUT2D eigenvalue weighted by Crippen LogP contribution is 2.43. The molecule has 0 fully saturated rings. The fourth-order valence-electron chi connectivity index (χ4n) is 4.60. The van der Waals surface area contributed by atoms with E-state index in [0.717, 1.165) is 0 Å². The zero-order chi connectivity index (χ0) is 19.1. The second-order valence-corrected chi connectivity index (χ2v) is 7.21. The third-order valence-electron chi connectivity index (χ3n) is 5.65. The second-order valence-electron chi connectivity index (χ2n) is 7.21. The topological polar surface area (TPSA) is 0 Å². The smallest absolute Gasteiger partial charge is 0.00139 e. The Hall–Kier alpha value is -3.38. The molecule has 5 aromatic rings. The highest BCUT2D eigenvalue weighted by molar-refractivity contribution is 6.34. The zero-order valence-corrected chi connectivity index (χ0v) is 16.2. The van der Waals surface area contributed by atoms with Crippen molar-refractivity contribution in [1.29, 1.82) is 0 Å². The van der Waals surface area contributed by atoms with Gasteiger partial charge >= 0.3 is 0 Å². The zero-order valence-electron chi connectivity index (χ0n) is 16.2. The SMILES string of the molecule is C/C=C\c1c(/C=C\C)c2c3ccccc3c3ccccc3c2c2ccccc12. The summed E-state index contributed by atoms with van der Waals surface area (Å²) in [5.74, 6) is 0. The van der Waals surface area contributed by atoms with Crippen LogP contribution in [0.4, 0.5) is 0 Å². The highest BCUT2D eigenvalue weighted by atomic mass is 14.2. The number of hydrogen-bond donors (Lipinski definition) is 0. The number of benzene rings is 5. The minimum atomic E-state index is 1.30. The second kappa shape index (κ2) is 6.65. The van der Waals surface area contributed by atoms with Crippen molar-refractivity contribution in [3.63, 3.8) is 0 Å². The molecule has 0 heterocycles. The quantitative estimate of drug-likeness (QED) is 0.278. The van der Waals surface area contributed by atoms with Crippen molar-refractivity contribution >= 4 is 55.2 Å². The average molecular weight is 358 g/mol. The maximum absolute atomic E-state index is 2.27. The minimum Gasteiger partial charge on any atom is -0.0870 e. The molecule has 28 heavy (non-hydrogen) atoms. The van der Waals surface area contributed by atoms with Crippen LogP contribution in [0.1, 0.15) is 25.0 Å². The van der Waals surface area contributed by atoms with Gasteiger partial charge in [0, 0.05) is 0 Å². The lowest BCUT2D eigenvalue weighted by Crippen LogP contribution is -1.92. The maximum atomic E-state index is 2.27. The van der Waals surface area contributed by atoms with Crippen LogP contribution in [0, 0.1) is 0 Å². The molecule has 0 nitrogen and oxygen atoms in total. The van der Waals surface area contributed by atoms with E-state index < -0.39 is 0 Å². The van der Waals surface area contributed by atoms with Crippen LogP contribution in [0.15, 0.2) is 84.9 Å². The maximum Gasteiger partial charge on any atom is -0.00139 e. The summed E-state index contributed by atoms with van der Waals surface area (Å²) in [7, 11) is 0. The summed E-state index contributed by atoms with van der Waals surface area (Å²) < 4.78 is 0. The number of fused-ring (bicyclic) bond motifs is 8. The minimum absolute atomic E-state index is 1.30. The first-order valence-electron chi connectivity index (χ1n) is 9.88. The van der Waals surface area contributed by atoms with Crippen molar-refractivity contribution in [2.24, 2.45) is 0 Å². The fourth-order valence-corrected chi connectivity index (χ4v) is 4.60. The third-order valence-corrected chi connectivity index (χ3v) is 5.65. The van der Waals surface area contributed by atoms with Crippen molar-refractivity contribution in [1.82, 2.24) is 0 Å². The van der Waals surface area contributed by atoms with E-state index in [4.69, 9.17) is 0 Å². The van der Waals surface area contributed by atoms with E-state index in [2.05, 4.69) is 111 Å². The molecule has 134 valence electrons. The van der Waals surface area contributed by atoms with Crippen LogP contribution < -0.4 is 0 Å². The van der Waals surface area contributed by atoms with Crippen molar-refractivity contribution in [2.75, 3.05) is 0 Å². The highest BCUT2D eigenvalue weighted by Gasteiger charge is 2.16. The van der Waals surface area contributed by atoms with Crippen molar-refractivity contribution < 1.29 is 0 Å². The van der Waals surface area contributed by atoms with Gasteiger partial charge in [0.1, 0.15) is 0 Å². The van der Waals surface area contributed by atoms with Gasteiger partial charge in [0.2, 0.25) is 0 Å². The molecule has 0 aliphatic carbocycles. The van der Waals surface area contributed by atoms with Crippen molar-refractivity contribution in [3.8, 4) is 0 Å². The third kappa shape index (κ3) is 2.31. The average Bonchev–Trinajstić information content (AvgIpc) is 2.75. The monoisotopic (exact) mass is 358 g/mol. The van der Waals surface area contributed by atoms with Crippen molar-refractivity contribution in [2.45, 2.75) is 13.8 Å². The summed E-state index contributed by atoms with van der Waals surface area (Å²) in [6.45, 7) is 4.20. The molecule has 0 amide bonds. The van der Waals surface area contributed by atoms with Crippen LogP contribution in [-0.4, -0.2) is 0 Å². The van der Waals surface area contributed by atoms with Crippen LogP contribution in [0.2, 0.25) is 0 Å². The van der Waals surface area contributed by atoms with Crippen LogP contribution in [0.5, 0.6) is 0 Å². The molecule has 5 aromatic carbocycles. The van der Waals surface area contributed by atoms with E-state index in [9.17, 15) is 0 Å². The standard InChI is InChI=1S/C28H22/c1-3-11-19-20-13-5-8-16-24(20)28-26-18-10-7-15-22(26)21-14-6-9-17-25(21)27(28)23(19)12-4-2/h3-18H,1-2H3/b11-3-,12-4-. The van der Waals surface area contributed by atoms with Crippen molar-refractivity contribution in [3.05, 3.63) is 96.1 Å². The molecule has 0 saturated carbocycles. The lowest BCUT2D eigenvalue weighted by molar-refractivity contribution is 1.68. The summed E-state index contributed by atoms with van der Waals surface area (Å²) >= 11 is 0. The summed E-state index contributed by atoms with van der Waals surface area (Å²) in [4.78, 5) is 0. The first-order chi connectivity index (χ1) is 13.8. The van der Waals surface area contributed by atoms with E-state index in [0.29, 0.717) is 0 Å². The van der Waals surface area contributed by atoms with E-state index >= 15 is 0 Å².